The van der Waals surface area contributed by atoms with E-state index in [9.17, 15) is 29.3 Å². The van der Waals surface area contributed by atoms with Crippen molar-refractivity contribution in [1.29, 1.82) is 0 Å². The van der Waals surface area contributed by atoms with Crippen molar-refractivity contribution >= 4 is 46.2 Å². The molecule has 5 rings (SSSR count). The smallest absolute Gasteiger partial charge is 0.481 e. The normalized spacial score (nSPS) is 25.6. The molecule has 6 atom stereocenters. The van der Waals surface area contributed by atoms with Gasteiger partial charge in [-0.1, -0.05) is 68.2 Å². The lowest BCUT2D eigenvalue weighted by Crippen LogP contribution is -2.43. The summed E-state index contributed by atoms with van der Waals surface area (Å²) in [4.78, 5) is 36.9. The number of fused-ring (bicyclic) bond motifs is 1. The van der Waals surface area contributed by atoms with Gasteiger partial charge >= 0.3 is 15.6 Å². The second kappa shape index (κ2) is 11.6. The third-order valence-electron chi connectivity index (χ3n) is 6.50. The summed E-state index contributed by atoms with van der Waals surface area (Å²) in [5, 5.41) is 32.9. The van der Waals surface area contributed by atoms with E-state index in [2.05, 4.69) is 18.8 Å². The highest BCUT2D eigenvalue weighted by molar-refractivity contribution is 7.67. The first-order valence-corrected chi connectivity index (χ1v) is 16.8. The quantitative estimate of drug-likeness (QED) is 0.161. The maximum absolute atomic E-state index is 11.9. The molecule has 0 amide bonds. The van der Waals surface area contributed by atoms with Crippen molar-refractivity contribution in [2.24, 2.45) is 0 Å². The van der Waals surface area contributed by atoms with Crippen LogP contribution in [0.4, 0.5) is 11.8 Å². The molecule has 1 aromatic heterocycles. The van der Waals surface area contributed by atoms with Gasteiger partial charge in [0.15, 0.2) is 12.0 Å². The van der Waals surface area contributed by atoms with Crippen molar-refractivity contribution < 1.29 is 52.7 Å². The minimum absolute atomic E-state index is 0.149. The average molecular weight is 628 g/mol. The maximum Gasteiger partial charge on any atom is 0.481 e. The summed E-state index contributed by atoms with van der Waals surface area (Å²) >= 11 is 0. The lowest BCUT2D eigenvalue weighted by atomic mass is 10.0. The predicted octanol–water partition coefficient (Wildman–Crippen LogP) is 0.646. The van der Waals surface area contributed by atoms with E-state index in [4.69, 9.17) is 20.3 Å². The van der Waals surface area contributed by atoms with Gasteiger partial charge < -0.3 is 45.4 Å². The van der Waals surface area contributed by atoms with Gasteiger partial charge in [-0.3, -0.25) is 4.52 Å². The van der Waals surface area contributed by atoms with Crippen molar-refractivity contribution in [1.82, 2.24) is 9.97 Å². The Hall–Kier alpha value is -2.64. The molecule has 8 N–H and O–H groups in total. The number of ether oxygens (including phenoxy) is 1. The molecular formula is C23H27N4O11P3. The van der Waals surface area contributed by atoms with E-state index in [1.54, 1.807) is 5.92 Å². The highest BCUT2D eigenvalue weighted by Crippen LogP contribution is 2.58. The van der Waals surface area contributed by atoms with Crippen molar-refractivity contribution in [3.8, 4) is 5.88 Å². The van der Waals surface area contributed by atoms with Gasteiger partial charge in [-0.05, 0) is 11.1 Å². The Balaban J connectivity index is 1.52. The van der Waals surface area contributed by atoms with E-state index in [1.807, 2.05) is 60.7 Å². The number of aliphatic hydroxyl groups is 2. The zero-order chi connectivity index (χ0) is 29.5. The van der Waals surface area contributed by atoms with Crippen LogP contribution in [0.1, 0.15) is 16.8 Å². The van der Waals surface area contributed by atoms with Crippen molar-refractivity contribution in [2.75, 3.05) is 17.2 Å². The molecular weight excluding hydrogens is 601 g/mol. The van der Waals surface area contributed by atoms with Crippen LogP contribution in [0, 0.1) is 0 Å². The van der Waals surface area contributed by atoms with E-state index >= 15 is 0 Å². The number of phosphoric ester groups is 1. The first kappa shape index (κ1) is 29.8. The van der Waals surface area contributed by atoms with Crippen LogP contribution in [-0.4, -0.2) is 77.0 Å². The van der Waals surface area contributed by atoms with Gasteiger partial charge in [-0.2, -0.15) is 14.3 Å². The van der Waals surface area contributed by atoms with Crippen LogP contribution >= 0.6 is 23.2 Å². The van der Waals surface area contributed by atoms with Crippen molar-refractivity contribution in [3.05, 3.63) is 71.8 Å². The average Bonchev–Trinajstić information content (AvgIpc) is 3.40. The number of rotatable bonds is 9. The number of aromatic nitrogens is 2. The Labute approximate surface area is 234 Å². The molecule has 15 nitrogen and oxygen atoms in total. The highest BCUT2D eigenvalue weighted by Gasteiger charge is 2.49. The molecule has 3 aromatic rings. The number of nitrogens with two attached hydrogens (primary N) is 1. The summed E-state index contributed by atoms with van der Waals surface area (Å²) in [5.74, 6) is 1.31. The number of nitrogen functional groups attached to an aromatic ring is 1. The fourth-order valence-electron chi connectivity index (χ4n) is 4.85. The molecule has 0 spiro atoms. The molecule has 2 unspecified atom stereocenters. The van der Waals surface area contributed by atoms with Crippen LogP contribution in [0.2, 0.25) is 0 Å². The molecule has 220 valence electrons. The first-order chi connectivity index (χ1) is 19.3. The summed E-state index contributed by atoms with van der Waals surface area (Å²) < 4.78 is 37.0. The number of aliphatic hydroxyl groups excluding tert-OH is 2. The Morgan fingerprint density at radius 1 is 0.976 bits per heavy atom. The van der Waals surface area contributed by atoms with Gasteiger partial charge in [-0.15, -0.1) is 0 Å². The number of phosphoric acid groups is 2. The standard InChI is InChI=1S/C23H27N4O11P3/c24-23-25-20-19(21(30)26-23)39(18(13-7-3-1-4-8-13)14-9-5-2-6-10-14)12-27(20)22-17(29)16(28)15(37-22)11-36-41(34,35)38-40(31,32)33/h1-10,12,15-18,22,28-29,39H,11H2,(H,34,35)(H2,31,32,33)(H3,24,25,26,30)/t15-,16-,17-,22-/m1/s1. The van der Waals surface area contributed by atoms with Gasteiger partial charge in [0, 0.05) is 11.6 Å². The second-order valence-electron chi connectivity index (χ2n) is 9.23. The molecule has 1 fully saturated rings. The topological polar surface area (TPSA) is 238 Å². The lowest BCUT2D eigenvalue weighted by Gasteiger charge is -2.26. The van der Waals surface area contributed by atoms with Gasteiger partial charge in [0.25, 0.3) is 0 Å². The van der Waals surface area contributed by atoms with Gasteiger partial charge in [0.1, 0.15) is 18.3 Å². The van der Waals surface area contributed by atoms with Gasteiger partial charge in [-0.25, -0.2) is 9.13 Å². The maximum atomic E-state index is 11.9. The molecule has 0 bridgehead atoms. The highest BCUT2D eigenvalue weighted by atomic mass is 31.3. The molecule has 0 radical (unpaired) electrons. The Bertz CT molecular complexity index is 1500. The minimum atomic E-state index is -5.37. The van der Waals surface area contributed by atoms with Crippen LogP contribution < -0.4 is 15.9 Å². The fraction of sp³-hybridized carbons (Fsp3) is 0.261. The molecule has 3 heterocycles. The third-order valence-corrected chi connectivity index (χ3v) is 11.5. The number of hydrogen-bond donors (Lipinski definition) is 7. The summed E-state index contributed by atoms with van der Waals surface area (Å²) in [7, 11) is -12.6. The minimum Gasteiger partial charge on any atom is -0.493 e. The number of aromatic hydroxyl groups is 1. The lowest BCUT2D eigenvalue weighted by molar-refractivity contribution is -0.0186. The molecule has 18 heteroatoms. The molecule has 41 heavy (non-hydrogen) atoms. The second-order valence-corrected chi connectivity index (χ2v) is 14.3. The van der Waals surface area contributed by atoms with E-state index in [-0.39, 0.29) is 23.3 Å². The molecule has 1 saturated heterocycles. The van der Waals surface area contributed by atoms with E-state index in [0.29, 0.717) is 5.30 Å². The Kier molecular flexibility index (Phi) is 8.41. The molecule has 2 aliphatic heterocycles. The third kappa shape index (κ3) is 6.41. The molecule has 0 aliphatic carbocycles. The SMILES string of the molecule is Nc1nc(O)c2c(n1)N([C@@H]1O[C@H](COP(=O)(O)OP(=O)(O)O)[C@@H](O)[C@H]1O)C=[PH]2C(c1ccccc1)c1ccccc1. The van der Waals surface area contributed by atoms with Gasteiger partial charge in [0.05, 0.1) is 11.9 Å². The number of nitrogens with zero attached hydrogens (tertiary/aromatic N) is 3. The fourth-order valence-corrected chi connectivity index (χ4v) is 9.45. The van der Waals surface area contributed by atoms with Crippen LogP contribution in [-0.2, 0) is 22.7 Å². The van der Waals surface area contributed by atoms with Crippen molar-refractivity contribution in [2.45, 2.75) is 30.2 Å². The number of hydrogen-bond acceptors (Lipinski definition) is 12. The monoisotopic (exact) mass is 628 g/mol. The van der Waals surface area contributed by atoms with E-state index < -0.39 is 54.3 Å². The first-order valence-electron chi connectivity index (χ1n) is 12.1. The van der Waals surface area contributed by atoms with Crippen molar-refractivity contribution in [3.63, 3.8) is 0 Å². The van der Waals surface area contributed by atoms with Gasteiger partial charge in [0.2, 0.25) is 11.8 Å². The molecule has 2 aromatic carbocycles. The number of benzene rings is 2. The number of anilines is 2. The van der Waals surface area contributed by atoms with Crippen LogP contribution in [0.5, 0.6) is 5.88 Å². The van der Waals surface area contributed by atoms with Crippen LogP contribution in [0.3, 0.4) is 0 Å². The molecule has 2 aliphatic rings. The largest absolute Gasteiger partial charge is 0.493 e. The van der Waals surface area contributed by atoms with Crippen LogP contribution in [0.25, 0.3) is 0 Å². The molecule has 0 saturated carbocycles. The predicted molar refractivity (Wildman–Crippen MR) is 149 cm³/mol. The van der Waals surface area contributed by atoms with E-state index in [1.165, 1.54) is 4.90 Å². The zero-order valence-corrected chi connectivity index (χ0v) is 23.8. The van der Waals surface area contributed by atoms with E-state index in [0.717, 1.165) is 11.1 Å². The summed E-state index contributed by atoms with van der Waals surface area (Å²) in [6.07, 6.45) is -6.01. The summed E-state index contributed by atoms with van der Waals surface area (Å²) in [5.41, 5.74) is 7.47. The van der Waals surface area contributed by atoms with Crippen LogP contribution in [0.15, 0.2) is 60.7 Å². The summed E-state index contributed by atoms with van der Waals surface area (Å²) in [6, 6.07) is 19.1. The Morgan fingerprint density at radius 2 is 1.56 bits per heavy atom. The summed E-state index contributed by atoms with van der Waals surface area (Å²) in [6.45, 7) is -0.866. The zero-order valence-electron chi connectivity index (χ0n) is 21.0. The Morgan fingerprint density at radius 3 is 2.12 bits per heavy atom.